The molecule has 1 N–H and O–H groups in total. The topological polar surface area (TPSA) is 20.2 Å². The van der Waals surface area contributed by atoms with E-state index < -0.39 is 0 Å². The Morgan fingerprint density at radius 1 is 1.71 bits per heavy atom. The van der Waals surface area contributed by atoms with E-state index in [0.717, 1.165) is 11.8 Å². The largest absolute Gasteiger partial charge is 0.516 e. The number of aliphatic hydroxyl groups excluding tert-OH is 1. The van der Waals surface area contributed by atoms with Gasteiger partial charge in [0.25, 0.3) is 0 Å². The molecule has 0 aromatic carbocycles. The summed E-state index contributed by atoms with van der Waals surface area (Å²) in [5.74, 6) is 0. The summed E-state index contributed by atoms with van der Waals surface area (Å²) in [4.78, 5) is 0. The van der Waals surface area contributed by atoms with Crippen molar-refractivity contribution in [3.8, 4) is 0 Å². The van der Waals surface area contributed by atoms with E-state index in [1.807, 2.05) is 6.92 Å². The molecule has 0 aliphatic heterocycles. The average Bonchev–Trinajstić information content (AvgIpc) is 1.35. The van der Waals surface area contributed by atoms with Crippen LogP contribution in [0.4, 0.5) is 0 Å². The van der Waals surface area contributed by atoms with Gasteiger partial charge in [0.1, 0.15) is 0 Å². The molecule has 0 saturated carbocycles. The number of allylic oxidation sites excluding steroid dienone is 2. The molecule has 0 rings (SSSR count). The smallest absolute Gasteiger partial charge is 0.0794 e. The van der Waals surface area contributed by atoms with Crippen molar-refractivity contribution >= 4 is 0 Å². The summed E-state index contributed by atoms with van der Waals surface area (Å²) in [6.45, 7) is 5.31. The minimum atomic E-state index is 0. The van der Waals surface area contributed by atoms with Gasteiger partial charge in [0.15, 0.2) is 0 Å². The molecule has 0 bridgehead atoms. The van der Waals surface area contributed by atoms with Crippen LogP contribution in [0, 0.1) is 44.1 Å². The number of rotatable bonds is 1. The Balaban J connectivity index is 0. The summed E-state index contributed by atoms with van der Waals surface area (Å²) >= 11 is 0. The zero-order chi connectivity index (χ0) is 4.99. The van der Waals surface area contributed by atoms with Crippen LogP contribution in [0.5, 0.6) is 0 Å². The summed E-state index contributed by atoms with van der Waals surface area (Å²) in [7, 11) is 0. The second kappa shape index (κ2) is 6.72. The maximum absolute atomic E-state index is 8.00. The third-order valence-electron chi connectivity index (χ3n) is 0.359. The molecule has 0 aliphatic rings. The third-order valence-corrected chi connectivity index (χ3v) is 0.359. The molecule has 0 spiro atoms. The number of hydrogen-bond acceptors (Lipinski definition) is 1. The molecule has 1 radical (unpaired) electrons. The second-order valence-corrected chi connectivity index (χ2v) is 1.16. The van der Waals surface area contributed by atoms with Crippen LogP contribution in [0.3, 0.4) is 0 Å². The summed E-state index contributed by atoms with van der Waals surface area (Å²) in [5.41, 5.74) is 0.859. The Morgan fingerprint density at radius 3 is 2.14 bits per heavy atom. The minimum absolute atomic E-state index is 0. The summed E-state index contributed by atoms with van der Waals surface area (Å²) < 4.78 is 0. The van der Waals surface area contributed by atoms with Crippen LogP contribution in [-0.4, -0.2) is 5.11 Å². The van der Waals surface area contributed by atoms with E-state index in [9.17, 15) is 0 Å². The van der Waals surface area contributed by atoms with Crippen LogP contribution < -0.4 is 0 Å². The standard InChI is InChI=1S/C5H8O.Ac/c1-5(2)3-4-6;/h3-4,6H,1H2,2H3;/b4-3+;. The van der Waals surface area contributed by atoms with Crippen LogP contribution in [0.25, 0.3) is 0 Å². The Morgan fingerprint density at radius 2 is 2.14 bits per heavy atom. The third kappa shape index (κ3) is 10.8. The van der Waals surface area contributed by atoms with Crippen molar-refractivity contribution in [2.24, 2.45) is 0 Å². The summed E-state index contributed by atoms with van der Waals surface area (Å²) in [6, 6.07) is 0. The van der Waals surface area contributed by atoms with Crippen LogP contribution in [0.15, 0.2) is 24.5 Å². The molecule has 0 aliphatic carbocycles. The summed E-state index contributed by atoms with van der Waals surface area (Å²) in [6.07, 6.45) is 2.50. The Labute approximate surface area is 79.7 Å². The molecule has 7 heavy (non-hydrogen) atoms. The van der Waals surface area contributed by atoms with Gasteiger partial charge in [-0.1, -0.05) is 12.2 Å². The molecule has 0 unspecified atom stereocenters. The fourth-order valence-electron chi connectivity index (χ4n) is 0.127. The minimum Gasteiger partial charge on any atom is -0.516 e. The summed E-state index contributed by atoms with van der Waals surface area (Å²) in [5, 5.41) is 8.00. The van der Waals surface area contributed by atoms with Crippen molar-refractivity contribution in [1.29, 1.82) is 0 Å². The molecule has 0 heterocycles. The maximum Gasteiger partial charge on any atom is 0.0794 e. The molecule has 0 aromatic rings. The zero-order valence-corrected chi connectivity index (χ0v) is 9.13. The first-order valence-electron chi connectivity index (χ1n) is 1.73. The molecule has 0 atom stereocenters. The first kappa shape index (κ1) is 10.7. The van der Waals surface area contributed by atoms with E-state index in [2.05, 4.69) is 6.58 Å². The van der Waals surface area contributed by atoms with Gasteiger partial charge in [-0.2, -0.15) is 0 Å². The fourth-order valence-corrected chi connectivity index (χ4v) is 0.127. The van der Waals surface area contributed by atoms with E-state index in [4.69, 9.17) is 5.11 Å². The quantitative estimate of drug-likeness (QED) is 0.576. The fraction of sp³-hybridized carbons (Fsp3) is 0.200. The van der Waals surface area contributed by atoms with Gasteiger partial charge in [0.05, 0.1) is 6.26 Å². The average molecular weight is 311 g/mol. The molecular weight excluding hydrogens is 303 g/mol. The van der Waals surface area contributed by atoms with Crippen molar-refractivity contribution in [2.75, 3.05) is 0 Å². The van der Waals surface area contributed by atoms with Gasteiger partial charge in [0.2, 0.25) is 0 Å². The van der Waals surface area contributed by atoms with Crippen LogP contribution in [0.2, 0.25) is 0 Å². The van der Waals surface area contributed by atoms with E-state index in [1.54, 1.807) is 0 Å². The molecule has 0 amide bonds. The van der Waals surface area contributed by atoms with E-state index in [-0.39, 0.29) is 44.1 Å². The maximum atomic E-state index is 8.00. The van der Waals surface area contributed by atoms with E-state index in [1.165, 1.54) is 6.08 Å². The molecule has 0 saturated heterocycles. The van der Waals surface area contributed by atoms with Crippen molar-refractivity contribution in [2.45, 2.75) is 6.92 Å². The predicted octanol–water partition coefficient (Wildman–Crippen LogP) is 1.63. The van der Waals surface area contributed by atoms with Crippen molar-refractivity contribution in [1.82, 2.24) is 0 Å². The Kier molecular flexibility index (Phi) is 10.2. The molecule has 0 fully saturated rings. The molecular formula is C5H8AcO. The van der Waals surface area contributed by atoms with Gasteiger partial charge in [-0.25, -0.2) is 0 Å². The van der Waals surface area contributed by atoms with E-state index >= 15 is 0 Å². The van der Waals surface area contributed by atoms with Crippen molar-refractivity contribution in [3.63, 3.8) is 0 Å². The van der Waals surface area contributed by atoms with Crippen molar-refractivity contribution < 1.29 is 49.2 Å². The van der Waals surface area contributed by atoms with Gasteiger partial charge in [-0.05, 0) is 13.0 Å². The Hall–Kier alpha value is 0.722. The molecule has 1 nitrogen and oxygen atoms in total. The number of hydrogen-bond donors (Lipinski definition) is 1. The predicted molar refractivity (Wildman–Crippen MR) is 26.6 cm³/mol. The Bertz CT molecular complexity index is 76.1. The number of aliphatic hydroxyl groups is 1. The second-order valence-electron chi connectivity index (χ2n) is 1.16. The molecule has 2 heteroatoms. The van der Waals surface area contributed by atoms with Gasteiger partial charge in [-0.15, -0.1) is 0 Å². The SMILES string of the molecule is C=C(C)/C=C/O.[Ac]. The van der Waals surface area contributed by atoms with Crippen LogP contribution in [-0.2, 0) is 0 Å². The molecule has 37 valence electrons. The van der Waals surface area contributed by atoms with Gasteiger partial charge < -0.3 is 5.11 Å². The normalized spacial score (nSPS) is 8.14. The van der Waals surface area contributed by atoms with Gasteiger partial charge in [0, 0.05) is 44.1 Å². The zero-order valence-electron chi connectivity index (χ0n) is 4.39. The van der Waals surface area contributed by atoms with Crippen molar-refractivity contribution in [3.05, 3.63) is 24.5 Å². The van der Waals surface area contributed by atoms with Gasteiger partial charge in [-0.3, -0.25) is 0 Å². The first-order valence-corrected chi connectivity index (χ1v) is 1.73. The van der Waals surface area contributed by atoms with Crippen LogP contribution >= 0.6 is 0 Å². The first-order chi connectivity index (χ1) is 2.77. The molecule has 0 aromatic heterocycles. The van der Waals surface area contributed by atoms with Crippen LogP contribution in [0.1, 0.15) is 6.92 Å². The van der Waals surface area contributed by atoms with Gasteiger partial charge >= 0.3 is 0 Å². The monoisotopic (exact) mass is 311 g/mol. The van der Waals surface area contributed by atoms with E-state index in [0.29, 0.717) is 0 Å².